The van der Waals surface area contributed by atoms with Gasteiger partial charge in [0.2, 0.25) is 0 Å². The first-order valence-corrected chi connectivity index (χ1v) is 10.6. The Balaban J connectivity index is 2.23. The number of ether oxygens (including phenoxy) is 2. The summed E-state index contributed by atoms with van der Waals surface area (Å²) in [4.78, 5) is 13.6. The molecule has 3 atom stereocenters. The molecule has 148 valence electrons. The number of ketones is 1. The first kappa shape index (κ1) is 20.4. The van der Waals surface area contributed by atoms with E-state index in [0.29, 0.717) is 17.3 Å². The average Bonchev–Trinajstić information content (AvgIpc) is 2.70. The van der Waals surface area contributed by atoms with Gasteiger partial charge < -0.3 is 9.47 Å². The second kappa shape index (κ2) is 7.27. The lowest BCUT2D eigenvalue weighted by Gasteiger charge is -2.49. The van der Waals surface area contributed by atoms with Crippen molar-refractivity contribution in [3.05, 3.63) is 33.8 Å². The molecule has 2 unspecified atom stereocenters. The quantitative estimate of drug-likeness (QED) is 0.523. The fourth-order valence-corrected chi connectivity index (χ4v) is 5.90. The molecule has 1 fully saturated rings. The summed E-state index contributed by atoms with van der Waals surface area (Å²) in [6, 6.07) is 3.92. The van der Waals surface area contributed by atoms with Crippen LogP contribution in [0.5, 0.6) is 11.5 Å². The fourth-order valence-electron chi connectivity index (χ4n) is 5.35. The zero-order valence-electron chi connectivity index (χ0n) is 17.3. The maximum absolute atomic E-state index is 13.6. The highest BCUT2D eigenvalue weighted by Crippen LogP contribution is 2.60. The van der Waals surface area contributed by atoms with Gasteiger partial charge >= 0.3 is 0 Å². The van der Waals surface area contributed by atoms with Gasteiger partial charge in [0.05, 0.1) is 20.1 Å². The van der Waals surface area contributed by atoms with E-state index < -0.39 is 0 Å². The second-order valence-electron chi connectivity index (χ2n) is 8.97. The molecule has 0 amide bonds. The molecule has 27 heavy (non-hydrogen) atoms. The van der Waals surface area contributed by atoms with Gasteiger partial charge in [0.15, 0.2) is 11.5 Å². The number of allylic oxidation sites excluding steroid dienone is 2. The van der Waals surface area contributed by atoms with Crippen LogP contribution < -0.4 is 9.47 Å². The van der Waals surface area contributed by atoms with E-state index in [9.17, 15) is 4.79 Å². The molecule has 0 radical (unpaired) electrons. The summed E-state index contributed by atoms with van der Waals surface area (Å²) >= 11 is 3.72. The maximum atomic E-state index is 13.6. The Kier molecular flexibility index (Phi) is 5.51. The lowest BCUT2D eigenvalue weighted by molar-refractivity contribution is -0.126. The van der Waals surface area contributed by atoms with Crippen molar-refractivity contribution in [2.45, 2.75) is 59.3 Å². The smallest absolute Gasteiger partial charge is 0.161 e. The molecule has 1 aromatic carbocycles. The Morgan fingerprint density at radius 1 is 1.07 bits per heavy atom. The molecule has 1 aromatic rings. The van der Waals surface area contributed by atoms with Gasteiger partial charge in [0.25, 0.3) is 0 Å². The number of benzene rings is 1. The van der Waals surface area contributed by atoms with Crippen LogP contribution in [0.4, 0.5) is 0 Å². The van der Waals surface area contributed by atoms with Gasteiger partial charge in [0, 0.05) is 15.8 Å². The Morgan fingerprint density at radius 3 is 2.33 bits per heavy atom. The Bertz CT molecular complexity index is 780. The van der Waals surface area contributed by atoms with Crippen molar-refractivity contribution in [3.63, 3.8) is 0 Å². The van der Waals surface area contributed by atoms with E-state index in [1.165, 1.54) is 12.0 Å². The molecule has 0 bridgehead atoms. The maximum Gasteiger partial charge on any atom is 0.161 e. The number of carbonyl (C=O) groups is 1. The van der Waals surface area contributed by atoms with Crippen LogP contribution in [0.1, 0.15) is 64.9 Å². The summed E-state index contributed by atoms with van der Waals surface area (Å²) in [6.45, 7) is 9.02. The van der Waals surface area contributed by atoms with Gasteiger partial charge in [-0.2, -0.15) is 0 Å². The third-order valence-corrected chi connectivity index (χ3v) is 7.43. The summed E-state index contributed by atoms with van der Waals surface area (Å²) in [7, 11) is 3.28. The highest BCUT2D eigenvalue weighted by molar-refractivity contribution is 9.10. The van der Waals surface area contributed by atoms with Crippen molar-refractivity contribution in [2.75, 3.05) is 14.2 Å². The van der Waals surface area contributed by atoms with E-state index in [2.05, 4.69) is 49.7 Å². The predicted octanol–water partition coefficient (Wildman–Crippen LogP) is 6.30. The number of hydrogen-bond acceptors (Lipinski definition) is 3. The van der Waals surface area contributed by atoms with Crippen molar-refractivity contribution in [1.29, 1.82) is 0 Å². The van der Waals surface area contributed by atoms with E-state index in [-0.39, 0.29) is 22.7 Å². The first-order valence-electron chi connectivity index (χ1n) is 9.82. The molecule has 2 aliphatic rings. The molecular formula is C23H31BrO3. The summed E-state index contributed by atoms with van der Waals surface area (Å²) in [5.74, 6) is 1.50. The monoisotopic (exact) mass is 434 g/mol. The number of halogens is 1. The molecule has 0 spiro atoms. The largest absolute Gasteiger partial charge is 0.493 e. The second-order valence-corrected chi connectivity index (χ2v) is 9.83. The number of carbonyl (C=O) groups excluding carboxylic acids is 1. The highest BCUT2D eigenvalue weighted by Gasteiger charge is 2.51. The van der Waals surface area contributed by atoms with Gasteiger partial charge in [-0.25, -0.2) is 0 Å². The number of hydrogen-bond donors (Lipinski definition) is 0. The SMILES string of the molecule is COc1cc(Br)c(C2C(=O)C(C)CC=C3C(C)(C)CCC[C@]32C)cc1OC. The third kappa shape index (κ3) is 3.35. The highest BCUT2D eigenvalue weighted by atomic mass is 79.9. The minimum absolute atomic E-state index is 0.0146. The van der Waals surface area contributed by atoms with Gasteiger partial charge in [0.1, 0.15) is 5.78 Å². The van der Waals surface area contributed by atoms with Gasteiger partial charge in [-0.1, -0.05) is 61.7 Å². The summed E-state index contributed by atoms with van der Waals surface area (Å²) in [6.07, 6.45) is 6.55. The molecular weight excluding hydrogens is 404 g/mol. The van der Waals surface area contributed by atoms with E-state index in [4.69, 9.17) is 9.47 Å². The molecule has 0 aliphatic heterocycles. The zero-order valence-corrected chi connectivity index (χ0v) is 18.9. The molecule has 0 aromatic heterocycles. The van der Waals surface area contributed by atoms with E-state index in [1.807, 2.05) is 12.1 Å². The Morgan fingerprint density at radius 2 is 1.70 bits per heavy atom. The number of methoxy groups -OCH3 is 2. The van der Waals surface area contributed by atoms with Gasteiger partial charge in [-0.3, -0.25) is 4.79 Å². The number of fused-ring (bicyclic) bond motifs is 1. The first-order chi connectivity index (χ1) is 12.7. The minimum Gasteiger partial charge on any atom is -0.493 e. The summed E-state index contributed by atoms with van der Waals surface area (Å²) in [5.41, 5.74) is 2.41. The van der Waals surface area contributed by atoms with Gasteiger partial charge in [-0.05, 0) is 42.4 Å². The molecule has 3 rings (SSSR count). The molecule has 0 N–H and O–H groups in total. The molecule has 4 heteroatoms. The number of rotatable bonds is 3. The van der Waals surface area contributed by atoms with E-state index >= 15 is 0 Å². The molecule has 0 heterocycles. The molecule has 1 saturated carbocycles. The topological polar surface area (TPSA) is 35.5 Å². The third-order valence-electron chi connectivity index (χ3n) is 6.74. The van der Waals surface area contributed by atoms with Crippen LogP contribution in [0, 0.1) is 16.7 Å². The van der Waals surface area contributed by atoms with E-state index in [0.717, 1.165) is 29.3 Å². The fraction of sp³-hybridized carbons (Fsp3) is 0.609. The van der Waals surface area contributed by atoms with Crippen LogP contribution in [0.15, 0.2) is 28.3 Å². The van der Waals surface area contributed by atoms with Crippen molar-refractivity contribution in [3.8, 4) is 11.5 Å². The standard InChI is InChI=1S/C23H31BrO3/c1-14-8-9-19-22(2,3)10-7-11-23(19,4)20(21(14)25)15-12-17(26-5)18(27-6)13-16(15)24/h9,12-14,20H,7-8,10-11H2,1-6H3/t14?,20?,23-/m1/s1. The molecule has 2 aliphatic carbocycles. The van der Waals surface area contributed by atoms with Crippen LogP contribution in [0.2, 0.25) is 0 Å². The summed E-state index contributed by atoms with van der Waals surface area (Å²) in [5, 5.41) is 0. The summed E-state index contributed by atoms with van der Waals surface area (Å²) < 4.78 is 11.9. The van der Waals surface area contributed by atoms with E-state index in [1.54, 1.807) is 14.2 Å². The van der Waals surface area contributed by atoms with Crippen LogP contribution in [-0.4, -0.2) is 20.0 Å². The number of Topliss-reactive ketones (excluding diaryl/α,β-unsaturated/α-hetero) is 1. The van der Waals surface area contributed by atoms with Crippen molar-refractivity contribution in [2.24, 2.45) is 16.7 Å². The minimum atomic E-state index is -0.185. The van der Waals surface area contributed by atoms with Crippen LogP contribution in [-0.2, 0) is 4.79 Å². The van der Waals surface area contributed by atoms with Crippen molar-refractivity contribution < 1.29 is 14.3 Å². The molecule has 3 nitrogen and oxygen atoms in total. The Hall–Kier alpha value is -1.29. The predicted molar refractivity (Wildman–Crippen MR) is 113 cm³/mol. The van der Waals surface area contributed by atoms with Crippen LogP contribution in [0.3, 0.4) is 0 Å². The van der Waals surface area contributed by atoms with Crippen molar-refractivity contribution >= 4 is 21.7 Å². The van der Waals surface area contributed by atoms with Gasteiger partial charge in [-0.15, -0.1) is 0 Å². The normalized spacial score (nSPS) is 30.2. The van der Waals surface area contributed by atoms with Crippen LogP contribution >= 0.6 is 15.9 Å². The van der Waals surface area contributed by atoms with Crippen molar-refractivity contribution in [1.82, 2.24) is 0 Å². The lowest BCUT2D eigenvalue weighted by Crippen LogP contribution is -2.41. The average molecular weight is 435 g/mol. The Labute approximate surface area is 171 Å². The zero-order chi connectivity index (χ0) is 20.0. The van der Waals surface area contributed by atoms with Crippen LogP contribution in [0.25, 0.3) is 0 Å². The molecule has 0 saturated heterocycles. The lowest BCUT2D eigenvalue weighted by atomic mass is 9.54.